The fraction of sp³-hybridized carbons (Fsp3) is 0.316. The molecule has 2 aliphatic rings. The third-order valence-electron chi connectivity index (χ3n) is 4.91. The number of carbonyl (C=O) groups is 1. The minimum Gasteiger partial charge on any atom is -0.311 e. The molecule has 2 aromatic carbocycles. The van der Waals surface area contributed by atoms with E-state index in [0.29, 0.717) is 0 Å². The van der Waals surface area contributed by atoms with E-state index in [1.54, 1.807) is 12.1 Å². The summed E-state index contributed by atoms with van der Waals surface area (Å²) >= 11 is 0. The molecule has 0 N–H and O–H groups in total. The van der Waals surface area contributed by atoms with Gasteiger partial charge in [-0.1, -0.05) is 30.3 Å². The van der Waals surface area contributed by atoms with Crippen molar-refractivity contribution in [2.75, 3.05) is 11.4 Å². The molecule has 1 fully saturated rings. The van der Waals surface area contributed by atoms with E-state index in [4.69, 9.17) is 0 Å². The van der Waals surface area contributed by atoms with Crippen molar-refractivity contribution in [3.8, 4) is 0 Å². The normalized spacial score (nSPS) is 18.7. The van der Waals surface area contributed by atoms with Crippen molar-refractivity contribution < 1.29 is 9.18 Å². The highest BCUT2D eigenvalue weighted by Crippen LogP contribution is 2.50. The highest BCUT2D eigenvalue weighted by atomic mass is 19.1. The van der Waals surface area contributed by atoms with E-state index in [1.165, 1.54) is 17.7 Å². The number of aryl methyl sites for hydroxylation is 1. The molecule has 0 saturated heterocycles. The maximum atomic E-state index is 13.2. The Morgan fingerprint density at radius 3 is 2.50 bits per heavy atom. The van der Waals surface area contributed by atoms with Gasteiger partial charge in [-0.3, -0.25) is 4.79 Å². The van der Waals surface area contributed by atoms with Crippen molar-refractivity contribution in [3.63, 3.8) is 0 Å². The Labute approximate surface area is 129 Å². The SMILES string of the molecule is O=C(N1CCCc2ccccc21)C1(c2ccc(F)cc2)CC1. The highest BCUT2D eigenvalue weighted by Gasteiger charge is 2.53. The van der Waals surface area contributed by atoms with Gasteiger partial charge in [0.1, 0.15) is 5.82 Å². The number of hydrogen-bond donors (Lipinski definition) is 0. The van der Waals surface area contributed by atoms with E-state index in [-0.39, 0.29) is 11.7 Å². The Morgan fingerprint density at radius 2 is 1.77 bits per heavy atom. The van der Waals surface area contributed by atoms with Gasteiger partial charge in [-0.05, 0) is 55.0 Å². The molecule has 1 aliphatic carbocycles. The van der Waals surface area contributed by atoms with Crippen LogP contribution >= 0.6 is 0 Å². The second kappa shape index (κ2) is 4.94. The van der Waals surface area contributed by atoms with Crippen LogP contribution in [0.15, 0.2) is 48.5 Å². The summed E-state index contributed by atoms with van der Waals surface area (Å²) in [5.74, 6) is -0.0819. The van der Waals surface area contributed by atoms with Gasteiger partial charge in [0.25, 0.3) is 0 Å². The minimum absolute atomic E-state index is 0.172. The summed E-state index contributed by atoms with van der Waals surface area (Å²) in [6.07, 6.45) is 3.75. The molecule has 0 bridgehead atoms. The molecule has 22 heavy (non-hydrogen) atoms. The van der Waals surface area contributed by atoms with Crippen LogP contribution in [0.2, 0.25) is 0 Å². The van der Waals surface area contributed by atoms with Crippen molar-refractivity contribution in [2.24, 2.45) is 0 Å². The molecular weight excluding hydrogens is 277 g/mol. The Hall–Kier alpha value is -2.16. The van der Waals surface area contributed by atoms with E-state index in [9.17, 15) is 9.18 Å². The number of amides is 1. The Morgan fingerprint density at radius 1 is 1.05 bits per heavy atom. The van der Waals surface area contributed by atoms with Crippen molar-refractivity contribution >= 4 is 11.6 Å². The first-order valence-corrected chi connectivity index (χ1v) is 7.87. The summed E-state index contributed by atoms with van der Waals surface area (Å²) in [6, 6.07) is 14.6. The molecule has 0 radical (unpaired) electrons. The topological polar surface area (TPSA) is 20.3 Å². The van der Waals surface area contributed by atoms with Gasteiger partial charge < -0.3 is 4.90 Å². The molecule has 1 amide bonds. The quantitative estimate of drug-likeness (QED) is 0.824. The minimum atomic E-state index is -0.432. The number of hydrogen-bond acceptors (Lipinski definition) is 1. The molecule has 112 valence electrons. The number of benzene rings is 2. The summed E-state index contributed by atoms with van der Waals surface area (Å²) in [5.41, 5.74) is 2.81. The van der Waals surface area contributed by atoms with Gasteiger partial charge in [0.15, 0.2) is 0 Å². The molecule has 1 heterocycles. The first kappa shape index (κ1) is 13.5. The molecule has 1 aliphatic heterocycles. The first-order valence-electron chi connectivity index (χ1n) is 7.87. The number of anilines is 1. The molecule has 0 atom stereocenters. The van der Waals surface area contributed by atoms with Gasteiger partial charge in [-0.2, -0.15) is 0 Å². The number of rotatable bonds is 2. The van der Waals surface area contributed by atoms with Crippen LogP contribution in [0.4, 0.5) is 10.1 Å². The molecule has 2 aromatic rings. The molecule has 0 spiro atoms. The van der Waals surface area contributed by atoms with Crippen molar-refractivity contribution in [2.45, 2.75) is 31.1 Å². The summed E-state index contributed by atoms with van der Waals surface area (Å²) < 4.78 is 13.2. The number of nitrogens with zero attached hydrogens (tertiary/aromatic N) is 1. The van der Waals surface area contributed by atoms with E-state index in [2.05, 4.69) is 6.07 Å². The van der Waals surface area contributed by atoms with Crippen LogP contribution in [0.5, 0.6) is 0 Å². The van der Waals surface area contributed by atoms with Crippen LogP contribution in [0, 0.1) is 5.82 Å². The van der Waals surface area contributed by atoms with E-state index >= 15 is 0 Å². The summed E-state index contributed by atoms with van der Waals surface area (Å²) in [5, 5.41) is 0. The van der Waals surface area contributed by atoms with Gasteiger partial charge >= 0.3 is 0 Å². The second-order valence-electron chi connectivity index (χ2n) is 6.28. The van der Waals surface area contributed by atoms with Gasteiger partial charge in [0.05, 0.1) is 5.41 Å². The van der Waals surface area contributed by atoms with Gasteiger partial charge in [0.2, 0.25) is 5.91 Å². The lowest BCUT2D eigenvalue weighted by Gasteiger charge is -2.32. The third kappa shape index (κ3) is 2.04. The molecule has 2 nitrogen and oxygen atoms in total. The number of para-hydroxylation sites is 1. The van der Waals surface area contributed by atoms with Crippen LogP contribution < -0.4 is 4.90 Å². The lowest BCUT2D eigenvalue weighted by atomic mass is 9.92. The van der Waals surface area contributed by atoms with E-state index in [0.717, 1.165) is 43.5 Å². The monoisotopic (exact) mass is 295 g/mol. The summed E-state index contributed by atoms with van der Waals surface area (Å²) in [7, 11) is 0. The van der Waals surface area contributed by atoms with Crippen LogP contribution in [-0.4, -0.2) is 12.5 Å². The first-order chi connectivity index (χ1) is 10.7. The predicted octanol–water partition coefficient (Wildman–Crippen LogP) is 3.84. The van der Waals surface area contributed by atoms with Crippen LogP contribution in [0.1, 0.15) is 30.4 Å². The average molecular weight is 295 g/mol. The highest BCUT2D eigenvalue weighted by molar-refractivity contribution is 6.04. The van der Waals surface area contributed by atoms with E-state index < -0.39 is 5.41 Å². The maximum absolute atomic E-state index is 13.2. The third-order valence-corrected chi connectivity index (χ3v) is 4.91. The maximum Gasteiger partial charge on any atom is 0.237 e. The van der Waals surface area contributed by atoms with Crippen molar-refractivity contribution in [1.29, 1.82) is 0 Å². The van der Waals surface area contributed by atoms with Gasteiger partial charge in [-0.15, -0.1) is 0 Å². The summed E-state index contributed by atoms with van der Waals surface area (Å²) in [4.78, 5) is 15.1. The summed E-state index contributed by atoms with van der Waals surface area (Å²) in [6.45, 7) is 0.777. The molecule has 1 saturated carbocycles. The standard InChI is InChI=1S/C19H18FNO/c20-16-9-7-15(8-10-16)19(11-12-19)18(22)21-13-3-5-14-4-1-2-6-17(14)21/h1-2,4,6-10H,3,5,11-13H2. The number of fused-ring (bicyclic) bond motifs is 1. The van der Waals surface area contributed by atoms with Crippen LogP contribution in [0.3, 0.4) is 0 Å². The zero-order valence-corrected chi connectivity index (χ0v) is 12.4. The average Bonchev–Trinajstić information content (AvgIpc) is 3.36. The number of halogens is 1. The molecule has 0 aromatic heterocycles. The van der Waals surface area contributed by atoms with Crippen molar-refractivity contribution in [1.82, 2.24) is 0 Å². The molecule has 4 rings (SSSR count). The van der Waals surface area contributed by atoms with Gasteiger partial charge in [-0.25, -0.2) is 4.39 Å². The molecular formula is C19H18FNO. The second-order valence-corrected chi connectivity index (χ2v) is 6.28. The predicted molar refractivity (Wildman–Crippen MR) is 84.4 cm³/mol. The Bertz CT molecular complexity index is 718. The van der Waals surface area contributed by atoms with Crippen molar-refractivity contribution in [3.05, 3.63) is 65.5 Å². The largest absolute Gasteiger partial charge is 0.311 e. The lowest BCUT2D eigenvalue weighted by Crippen LogP contribution is -2.42. The Balaban J connectivity index is 1.69. The smallest absolute Gasteiger partial charge is 0.237 e. The lowest BCUT2D eigenvalue weighted by molar-refractivity contribution is -0.121. The Kier molecular flexibility index (Phi) is 3.03. The zero-order chi connectivity index (χ0) is 15.2. The zero-order valence-electron chi connectivity index (χ0n) is 12.4. The fourth-order valence-corrected chi connectivity index (χ4v) is 3.52. The van der Waals surface area contributed by atoms with Gasteiger partial charge in [0, 0.05) is 12.2 Å². The molecule has 3 heteroatoms. The van der Waals surface area contributed by atoms with E-state index in [1.807, 2.05) is 23.1 Å². The fourth-order valence-electron chi connectivity index (χ4n) is 3.52. The number of carbonyl (C=O) groups excluding carboxylic acids is 1. The van der Waals surface area contributed by atoms with Crippen LogP contribution in [0.25, 0.3) is 0 Å². The molecule has 0 unspecified atom stereocenters. The van der Waals surface area contributed by atoms with Crippen LogP contribution in [-0.2, 0) is 16.6 Å².